The monoisotopic (exact) mass is 370 g/mol. The summed E-state index contributed by atoms with van der Waals surface area (Å²) < 4.78 is 5.69. The minimum Gasteiger partial charge on any atom is -0.545 e. The van der Waals surface area contributed by atoms with Crippen molar-refractivity contribution in [3.63, 3.8) is 0 Å². The van der Waals surface area contributed by atoms with Crippen LogP contribution in [0.5, 0.6) is 0 Å². The largest absolute Gasteiger partial charge is 0.545 e. The molecule has 1 aliphatic heterocycles. The van der Waals surface area contributed by atoms with Crippen LogP contribution in [0.3, 0.4) is 0 Å². The van der Waals surface area contributed by atoms with Crippen molar-refractivity contribution < 1.29 is 23.9 Å². The highest BCUT2D eigenvalue weighted by Gasteiger charge is 2.37. The lowest BCUT2D eigenvalue weighted by Gasteiger charge is -2.19. The van der Waals surface area contributed by atoms with Gasteiger partial charge in [-0.3, -0.25) is 14.5 Å². The van der Waals surface area contributed by atoms with Gasteiger partial charge in [-0.25, -0.2) is 0 Å². The third-order valence-electron chi connectivity index (χ3n) is 4.14. The van der Waals surface area contributed by atoms with Gasteiger partial charge >= 0.3 is 0 Å². The van der Waals surface area contributed by atoms with Gasteiger partial charge in [0.05, 0.1) is 10.9 Å². The third-order valence-corrected chi connectivity index (χ3v) is 5.02. The van der Waals surface area contributed by atoms with Gasteiger partial charge in [0, 0.05) is 17.7 Å². The van der Waals surface area contributed by atoms with Gasteiger partial charge in [-0.1, -0.05) is 25.1 Å². The first-order valence-electron chi connectivity index (χ1n) is 8.09. The average Bonchev–Trinajstić information content (AvgIpc) is 3.19. The maximum Gasteiger partial charge on any atom is 0.293 e. The number of imide groups is 1. The van der Waals surface area contributed by atoms with Crippen LogP contribution in [0.2, 0.25) is 0 Å². The van der Waals surface area contributed by atoms with E-state index in [2.05, 4.69) is 0 Å². The highest BCUT2D eigenvalue weighted by Crippen LogP contribution is 2.35. The summed E-state index contributed by atoms with van der Waals surface area (Å²) in [6.45, 7) is 3.74. The molecule has 1 aromatic carbocycles. The molecule has 1 saturated heterocycles. The molecule has 2 heterocycles. The van der Waals surface area contributed by atoms with Gasteiger partial charge in [-0.15, -0.1) is 0 Å². The number of carbonyl (C=O) groups is 3. The van der Waals surface area contributed by atoms with Crippen molar-refractivity contribution in [1.82, 2.24) is 4.90 Å². The molecule has 0 saturated carbocycles. The van der Waals surface area contributed by atoms with Crippen molar-refractivity contribution in [1.29, 1.82) is 0 Å². The molecule has 1 aromatic heterocycles. The van der Waals surface area contributed by atoms with Crippen molar-refractivity contribution >= 4 is 35.0 Å². The van der Waals surface area contributed by atoms with E-state index in [0.29, 0.717) is 28.4 Å². The van der Waals surface area contributed by atoms with Crippen LogP contribution < -0.4 is 5.11 Å². The van der Waals surface area contributed by atoms with E-state index < -0.39 is 5.97 Å². The Morgan fingerprint density at radius 1 is 1.31 bits per heavy atom. The Morgan fingerprint density at radius 3 is 2.77 bits per heavy atom. The zero-order valence-corrected chi connectivity index (χ0v) is 15.0. The van der Waals surface area contributed by atoms with Crippen LogP contribution in [0.25, 0.3) is 17.4 Å². The molecule has 2 amide bonds. The summed E-state index contributed by atoms with van der Waals surface area (Å²) in [5.41, 5.74) is 0.634. The summed E-state index contributed by atoms with van der Waals surface area (Å²) in [5.74, 6) is -0.724. The van der Waals surface area contributed by atoms with Gasteiger partial charge in [0.1, 0.15) is 11.5 Å². The number of hydrogen-bond donors (Lipinski definition) is 0. The third kappa shape index (κ3) is 3.43. The van der Waals surface area contributed by atoms with Gasteiger partial charge in [0.2, 0.25) is 0 Å². The number of carboxylic acid groups (broad SMARTS) is 1. The Kier molecular flexibility index (Phi) is 4.99. The molecule has 1 aliphatic rings. The zero-order chi connectivity index (χ0) is 18.8. The quantitative estimate of drug-likeness (QED) is 0.751. The minimum absolute atomic E-state index is 0.0510. The molecule has 134 valence electrons. The summed E-state index contributed by atoms with van der Waals surface area (Å²) in [6, 6.07) is 9.39. The molecule has 1 atom stereocenters. The summed E-state index contributed by atoms with van der Waals surface area (Å²) in [6.07, 6.45) is 2.21. The Hall–Kier alpha value is -2.80. The number of carboxylic acids is 1. The van der Waals surface area contributed by atoms with Crippen molar-refractivity contribution in [3.05, 3.63) is 52.6 Å². The fraction of sp³-hybridized carbons (Fsp3) is 0.211. The Labute approximate surface area is 154 Å². The maximum absolute atomic E-state index is 12.4. The lowest BCUT2D eigenvalue weighted by Crippen LogP contribution is -2.36. The molecule has 0 unspecified atom stereocenters. The molecule has 2 aromatic rings. The first-order valence-corrected chi connectivity index (χ1v) is 8.91. The van der Waals surface area contributed by atoms with E-state index in [-0.39, 0.29) is 22.8 Å². The van der Waals surface area contributed by atoms with Crippen LogP contribution in [-0.2, 0) is 4.79 Å². The van der Waals surface area contributed by atoms with Crippen LogP contribution in [0.1, 0.15) is 36.4 Å². The first-order chi connectivity index (χ1) is 12.4. The van der Waals surface area contributed by atoms with E-state index in [1.54, 1.807) is 24.3 Å². The molecule has 0 spiro atoms. The van der Waals surface area contributed by atoms with E-state index in [1.165, 1.54) is 23.1 Å². The molecule has 0 N–H and O–H groups in total. The zero-order valence-electron chi connectivity index (χ0n) is 14.2. The highest BCUT2D eigenvalue weighted by molar-refractivity contribution is 8.18. The second-order valence-electron chi connectivity index (χ2n) is 5.88. The van der Waals surface area contributed by atoms with E-state index in [4.69, 9.17) is 4.42 Å². The van der Waals surface area contributed by atoms with Crippen LogP contribution in [0.15, 0.2) is 45.7 Å². The van der Waals surface area contributed by atoms with Crippen LogP contribution >= 0.6 is 11.8 Å². The van der Waals surface area contributed by atoms with Gasteiger partial charge < -0.3 is 14.3 Å². The number of hydrogen-bond acceptors (Lipinski definition) is 6. The Morgan fingerprint density at radius 2 is 2.08 bits per heavy atom. The lowest BCUT2D eigenvalue weighted by molar-refractivity contribution is -0.255. The average molecular weight is 370 g/mol. The summed E-state index contributed by atoms with van der Waals surface area (Å²) in [5, 5.41) is 10.7. The van der Waals surface area contributed by atoms with Crippen LogP contribution in [0, 0.1) is 0 Å². The molecule has 0 aliphatic carbocycles. The fourth-order valence-corrected chi connectivity index (χ4v) is 3.47. The molecule has 26 heavy (non-hydrogen) atoms. The number of carbonyl (C=O) groups excluding carboxylic acids is 3. The maximum atomic E-state index is 12.4. The number of nitrogens with zero attached hydrogens (tertiary/aromatic N) is 1. The van der Waals surface area contributed by atoms with Crippen LogP contribution in [-0.4, -0.2) is 28.1 Å². The van der Waals surface area contributed by atoms with Crippen molar-refractivity contribution in [2.75, 3.05) is 0 Å². The van der Waals surface area contributed by atoms with Crippen molar-refractivity contribution in [2.24, 2.45) is 0 Å². The molecular formula is C19H16NO5S-. The molecule has 7 heteroatoms. The number of benzene rings is 1. The Bertz CT molecular complexity index is 914. The normalized spacial score (nSPS) is 17.2. The van der Waals surface area contributed by atoms with E-state index in [0.717, 1.165) is 11.8 Å². The van der Waals surface area contributed by atoms with Gasteiger partial charge in [0.25, 0.3) is 11.1 Å². The molecular weight excluding hydrogens is 354 g/mol. The molecule has 6 nitrogen and oxygen atoms in total. The molecule has 0 bridgehead atoms. The van der Waals surface area contributed by atoms with Crippen molar-refractivity contribution in [2.45, 2.75) is 26.3 Å². The van der Waals surface area contributed by atoms with E-state index in [9.17, 15) is 19.5 Å². The number of aromatic carboxylic acids is 1. The Balaban J connectivity index is 1.86. The number of thioether (sulfide) groups is 1. The second kappa shape index (κ2) is 7.21. The van der Waals surface area contributed by atoms with Gasteiger partial charge in [0.15, 0.2) is 0 Å². The summed E-state index contributed by atoms with van der Waals surface area (Å²) in [7, 11) is 0. The fourth-order valence-electron chi connectivity index (χ4n) is 2.56. The van der Waals surface area contributed by atoms with E-state index in [1.807, 2.05) is 13.8 Å². The SMILES string of the molecule is CC[C@H](C)N1C(=O)S/C(=C/c2ccc(-c3cccc(C(=O)[O-])c3)o2)C1=O. The standard InChI is InChI=1S/C19H17NO5S/c1-3-11(2)20-17(21)16(26-19(20)24)10-14-7-8-15(25-14)12-5-4-6-13(9-12)18(22)23/h4-11H,3H2,1-2H3,(H,22,23)/p-1/b16-10+/t11-/m0/s1. The molecule has 0 radical (unpaired) electrons. The van der Waals surface area contributed by atoms with E-state index >= 15 is 0 Å². The highest BCUT2D eigenvalue weighted by atomic mass is 32.2. The van der Waals surface area contributed by atoms with Gasteiger partial charge in [-0.05, 0) is 48.9 Å². The number of furan rings is 1. The summed E-state index contributed by atoms with van der Waals surface area (Å²) >= 11 is 0.884. The van der Waals surface area contributed by atoms with Crippen LogP contribution in [0.4, 0.5) is 4.79 Å². The smallest absolute Gasteiger partial charge is 0.293 e. The molecule has 1 fully saturated rings. The topological polar surface area (TPSA) is 90.7 Å². The minimum atomic E-state index is -1.27. The number of amides is 2. The predicted molar refractivity (Wildman–Crippen MR) is 96.0 cm³/mol. The first kappa shape index (κ1) is 18.0. The predicted octanol–water partition coefficient (Wildman–Crippen LogP) is 3.14. The molecule has 3 rings (SSSR count). The van der Waals surface area contributed by atoms with Gasteiger partial charge in [-0.2, -0.15) is 0 Å². The number of rotatable bonds is 5. The lowest BCUT2D eigenvalue weighted by atomic mass is 10.1. The van der Waals surface area contributed by atoms with Crippen molar-refractivity contribution in [3.8, 4) is 11.3 Å². The summed E-state index contributed by atoms with van der Waals surface area (Å²) in [4.78, 5) is 37.0. The second-order valence-corrected chi connectivity index (χ2v) is 6.87.